The summed E-state index contributed by atoms with van der Waals surface area (Å²) in [5.41, 5.74) is 0. The zero-order valence-corrected chi connectivity index (χ0v) is 11.4. The minimum atomic E-state index is 0.333. The number of ether oxygens (including phenoxy) is 1. The molecular weight excluding hydrogens is 252 g/mol. The highest BCUT2D eigenvalue weighted by Crippen LogP contribution is 2.19. The van der Waals surface area contributed by atoms with Gasteiger partial charge >= 0.3 is 6.01 Å². The van der Waals surface area contributed by atoms with Gasteiger partial charge in [0.15, 0.2) is 5.82 Å². The summed E-state index contributed by atoms with van der Waals surface area (Å²) in [7, 11) is 1.54. The van der Waals surface area contributed by atoms with Crippen molar-refractivity contribution in [3.63, 3.8) is 0 Å². The molecule has 1 saturated heterocycles. The van der Waals surface area contributed by atoms with Gasteiger partial charge in [-0.15, -0.1) is 0 Å². The molecule has 1 aromatic rings. The van der Waals surface area contributed by atoms with Crippen LogP contribution in [0.25, 0.3) is 0 Å². The Morgan fingerprint density at radius 1 is 1.39 bits per heavy atom. The van der Waals surface area contributed by atoms with Crippen molar-refractivity contribution in [2.24, 2.45) is 0 Å². The monoisotopic (exact) mass is 270 g/mol. The predicted octanol–water partition coefficient (Wildman–Crippen LogP) is 2.04. The van der Waals surface area contributed by atoms with Gasteiger partial charge in [0, 0.05) is 13.1 Å². The summed E-state index contributed by atoms with van der Waals surface area (Å²) in [6, 6.07) is 0.333. The number of piperidine rings is 1. The minimum Gasteiger partial charge on any atom is -0.467 e. The molecule has 100 valence electrons. The molecule has 2 rings (SSSR count). The van der Waals surface area contributed by atoms with E-state index in [1.165, 1.54) is 32.4 Å². The molecule has 0 bridgehead atoms. The first-order valence-corrected chi connectivity index (χ1v) is 6.70. The van der Waals surface area contributed by atoms with Crippen LogP contribution in [0.3, 0.4) is 0 Å². The van der Waals surface area contributed by atoms with Gasteiger partial charge in [-0.25, -0.2) is 4.98 Å². The van der Waals surface area contributed by atoms with Crippen LogP contribution in [0.2, 0.25) is 5.02 Å². The molecule has 0 atom stereocenters. The molecule has 1 fully saturated rings. The van der Waals surface area contributed by atoms with Crippen molar-refractivity contribution < 1.29 is 4.74 Å². The van der Waals surface area contributed by atoms with Crippen molar-refractivity contribution in [3.8, 4) is 6.01 Å². The molecule has 0 radical (unpaired) electrons. The number of methoxy groups -OCH3 is 1. The van der Waals surface area contributed by atoms with Gasteiger partial charge < -0.3 is 15.0 Å². The van der Waals surface area contributed by atoms with Gasteiger partial charge in [-0.1, -0.05) is 18.0 Å². The lowest BCUT2D eigenvalue weighted by molar-refractivity contribution is 0.237. The van der Waals surface area contributed by atoms with Crippen LogP contribution in [-0.4, -0.2) is 48.2 Å². The molecule has 0 aliphatic carbocycles. The van der Waals surface area contributed by atoms with Gasteiger partial charge in [-0.2, -0.15) is 4.98 Å². The van der Waals surface area contributed by atoms with Gasteiger partial charge in [-0.3, -0.25) is 0 Å². The van der Waals surface area contributed by atoms with Crippen LogP contribution in [0, 0.1) is 0 Å². The van der Waals surface area contributed by atoms with Gasteiger partial charge in [0.1, 0.15) is 5.02 Å². The normalized spacial score (nSPS) is 16.6. The molecule has 0 unspecified atom stereocenters. The Hall–Kier alpha value is -1.07. The lowest BCUT2D eigenvalue weighted by atomic mass is 10.1. The summed E-state index contributed by atoms with van der Waals surface area (Å²) in [6.45, 7) is 4.24. The standard InChI is InChI=1S/C12H19ClN4O/c1-18-12-15-9-10(13)11(16-12)14-5-8-17-6-3-2-4-7-17/h9H,2-8H2,1H3,(H,14,15,16). The third kappa shape index (κ3) is 3.71. The van der Waals surface area contributed by atoms with Crippen molar-refractivity contribution in [2.75, 3.05) is 38.6 Å². The van der Waals surface area contributed by atoms with Crippen molar-refractivity contribution in [1.82, 2.24) is 14.9 Å². The lowest BCUT2D eigenvalue weighted by Gasteiger charge is -2.26. The molecule has 0 spiro atoms. The molecule has 1 N–H and O–H groups in total. The zero-order valence-electron chi connectivity index (χ0n) is 10.7. The predicted molar refractivity (Wildman–Crippen MR) is 72.4 cm³/mol. The average Bonchev–Trinajstić information content (AvgIpc) is 2.42. The molecule has 1 aliphatic rings. The largest absolute Gasteiger partial charge is 0.467 e. The maximum Gasteiger partial charge on any atom is 0.318 e. The van der Waals surface area contributed by atoms with E-state index < -0.39 is 0 Å². The van der Waals surface area contributed by atoms with E-state index in [9.17, 15) is 0 Å². The smallest absolute Gasteiger partial charge is 0.318 e. The number of aromatic nitrogens is 2. The molecule has 1 aromatic heterocycles. The van der Waals surface area contributed by atoms with E-state index >= 15 is 0 Å². The fourth-order valence-electron chi connectivity index (χ4n) is 2.09. The topological polar surface area (TPSA) is 50.3 Å². The van der Waals surface area contributed by atoms with Gasteiger partial charge in [0.25, 0.3) is 0 Å². The second-order valence-electron chi connectivity index (χ2n) is 4.38. The highest BCUT2D eigenvalue weighted by atomic mass is 35.5. The second-order valence-corrected chi connectivity index (χ2v) is 4.79. The molecule has 18 heavy (non-hydrogen) atoms. The Morgan fingerprint density at radius 2 is 2.17 bits per heavy atom. The summed E-state index contributed by atoms with van der Waals surface area (Å²) >= 11 is 6.02. The maximum atomic E-state index is 6.02. The van der Waals surface area contributed by atoms with Crippen LogP contribution in [0.5, 0.6) is 6.01 Å². The zero-order chi connectivity index (χ0) is 12.8. The highest BCUT2D eigenvalue weighted by Gasteiger charge is 2.10. The van der Waals surface area contributed by atoms with Crippen molar-refractivity contribution in [1.29, 1.82) is 0 Å². The lowest BCUT2D eigenvalue weighted by Crippen LogP contribution is -2.33. The number of nitrogens with zero attached hydrogens (tertiary/aromatic N) is 3. The molecule has 0 amide bonds. The molecular formula is C12H19ClN4O. The van der Waals surface area contributed by atoms with Crippen molar-refractivity contribution in [2.45, 2.75) is 19.3 Å². The van der Waals surface area contributed by atoms with Crippen molar-refractivity contribution in [3.05, 3.63) is 11.2 Å². The highest BCUT2D eigenvalue weighted by molar-refractivity contribution is 6.32. The fraction of sp³-hybridized carbons (Fsp3) is 0.667. The van der Waals surface area contributed by atoms with Gasteiger partial charge in [-0.05, 0) is 25.9 Å². The number of likely N-dealkylation sites (tertiary alicyclic amines) is 1. The maximum absolute atomic E-state index is 6.02. The summed E-state index contributed by atoms with van der Waals surface area (Å²) in [5.74, 6) is 0.639. The summed E-state index contributed by atoms with van der Waals surface area (Å²) in [4.78, 5) is 10.6. The van der Waals surface area contributed by atoms with E-state index in [-0.39, 0.29) is 0 Å². The quantitative estimate of drug-likeness (QED) is 0.887. The van der Waals surface area contributed by atoms with Crippen LogP contribution in [0.15, 0.2) is 6.20 Å². The van der Waals surface area contributed by atoms with Gasteiger partial charge in [0.05, 0.1) is 13.3 Å². The van der Waals surface area contributed by atoms with Crippen LogP contribution in [0.4, 0.5) is 5.82 Å². The van der Waals surface area contributed by atoms with Crippen LogP contribution in [-0.2, 0) is 0 Å². The number of anilines is 1. The van der Waals surface area contributed by atoms with Crippen molar-refractivity contribution >= 4 is 17.4 Å². The number of rotatable bonds is 5. The summed E-state index contributed by atoms with van der Waals surface area (Å²) in [5, 5.41) is 3.75. The molecule has 1 aliphatic heterocycles. The number of hydrogen-bond donors (Lipinski definition) is 1. The van der Waals surface area contributed by atoms with E-state index in [0.29, 0.717) is 16.9 Å². The molecule has 2 heterocycles. The SMILES string of the molecule is COc1ncc(Cl)c(NCCN2CCCCC2)n1. The first kappa shape index (κ1) is 13.4. The molecule has 0 saturated carbocycles. The first-order chi connectivity index (χ1) is 8.79. The first-order valence-electron chi connectivity index (χ1n) is 6.32. The van der Waals surface area contributed by atoms with E-state index in [1.807, 2.05) is 0 Å². The average molecular weight is 271 g/mol. The number of halogens is 1. The van der Waals surface area contributed by atoms with Crippen LogP contribution >= 0.6 is 11.6 Å². The van der Waals surface area contributed by atoms with E-state index in [4.69, 9.17) is 16.3 Å². The van der Waals surface area contributed by atoms with Crippen LogP contribution < -0.4 is 10.1 Å². The second kappa shape index (κ2) is 6.75. The number of hydrogen-bond acceptors (Lipinski definition) is 5. The van der Waals surface area contributed by atoms with Crippen LogP contribution in [0.1, 0.15) is 19.3 Å². The third-order valence-electron chi connectivity index (χ3n) is 3.07. The number of nitrogens with one attached hydrogen (secondary N) is 1. The third-order valence-corrected chi connectivity index (χ3v) is 3.35. The Kier molecular flexibility index (Phi) is 5.01. The molecule has 0 aromatic carbocycles. The molecule has 6 heteroatoms. The summed E-state index contributed by atoms with van der Waals surface area (Å²) in [6.07, 6.45) is 5.53. The Bertz CT molecular complexity index is 382. The molecule has 5 nitrogen and oxygen atoms in total. The Labute approximate surface area is 113 Å². The van der Waals surface area contributed by atoms with E-state index in [0.717, 1.165) is 13.1 Å². The minimum absolute atomic E-state index is 0.333. The summed E-state index contributed by atoms with van der Waals surface area (Å²) < 4.78 is 4.97. The van der Waals surface area contributed by atoms with E-state index in [2.05, 4.69) is 20.2 Å². The Morgan fingerprint density at radius 3 is 2.89 bits per heavy atom. The van der Waals surface area contributed by atoms with Gasteiger partial charge in [0.2, 0.25) is 0 Å². The fourth-order valence-corrected chi connectivity index (χ4v) is 2.25. The Balaban J connectivity index is 1.81. The van der Waals surface area contributed by atoms with E-state index in [1.54, 1.807) is 13.3 Å².